The summed E-state index contributed by atoms with van der Waals surface area (Å²) in [5.41, 5.74) is 6.41. The van der Waals surface area contributed by atoms with Gasteiger partial charge in [-0.15, -0.1) is 23.1 Å². The molecule has 0 saturated carbocycles. The zero-order chi connectivity index (χ0) is 19.9. The maximum absolute atomic E-state index is 12.9. The number of nitrogens with one attached hydrogen (secondary N) is 2. The van der Waals surface area contributed by atoms with Crippen molar-refractivity contribution in [1.29, 1.82) is 0 Å². The van der Waals surface area contributed by atoms with Crippen molar-refractivity contribution in [3.63, 3.8) is 0 Å². The lowest BCUT2D eigenvalue weighted by atomic mass is 10.2. The SMILES string of the molecule is Cc1nc(-c2ccccc2)sc1C(=O)NNC(=O)CCSc1ccc(F)cc1. The monoisotopic (exact) mass is 415 g/mol. The van der Waals surface area contributed by atoms with Crippen molar-refractivity contribution in [3.05, 3.63) is 71.0 Å². The van der Waals surface area contributed by atoms with E-state index in [1.54, 1.807) is 19.1 Å². The number of nitrogens with zero attached hydrogens (tertiary/aromatic N) is 1. The summed E-state index contributed by atoms with van der Waals surface area (Å²) in [4.78, 5) is 30.0. The van der Waals surface area contributed by atoms with Crippen molar-refractivity contribution in [3.8, 4) is 10.6 Å². The molecule has 5 nitrogen and oxygen atoms in total. The Bertz CT molecular complexity index is 959. The molecule has 3 rings (SSSR count). The van der Waals surface area contributed by atoms with E-state index in [0.29, 0.717) is 16.3 Å². The number of benzene rings is 2. The van der Waals surface area contributed by atoms with Gasteiger partial charge in [-0.2, -0.15) is 0 Å². The lowest BCUT2D eigenvalue weighted by molar-refractivity contribution is -0.121. The molecule has 0 aliphatic heterocycles. The molecule has 0 radical (unpaired) electrons. The fraction of sp³-hybridized carbons (Fsp3) is 0.150. The summed E-state index contributed by atoms with van der Waals surface area (Å²) in [7, 11) is 0. The third kappa shape index (κ3) is 5.40. The number of hydrogen-bond acceptors (Lipinski definition) is 5. The summed E-state index contributed by atoms with van der Waals surface area (Å²) in [6.45, 7) is 1.76. The van der Waals surface area contributed by atoms with Crippen molar-refractivity contribution in [2.75, 3.05) is 5.75 Å². The van der Waals surface area contributed by atoms with Gasteiger partial charge in [-0.05, 0) is 31.2 Å². The van der Waals surface area contributed by atoms with Crippen LogP contribution < -0.4 is 10.9 Å². The second kappa shape index (κ2) is 9.48. The average Bonchev–Trinajstić information content (AvgIpc) is 3.10. The number of hydrogen-bond donors (Lipinski definition) is 2. The van der Waals surface area contributed by atoms with Crippen LogP contribution in [0.2, 0.25) is 0 Å². The molecule has 0 atom stereocenters. The molecule has 0 spiro atoms. The molecule has 1 aromatic heterocycles. The first kappa shape index (κ1) is 20.0. The molecule has 0 saturated heterocycles. The number of thioether (sulfide) groups is 1. The van der Waals surface area contributed by atoms with Gasteiger partial charge in [0.05, 0.1) is 5.69 Å². The highest BCUT2D eigenvalue weighted by atomic mass is 32.2. The molecule has 2 aromatic carbocycles. The van der Waals surface area contributed by atoms with E-state index in [0.717, 1.165) is 15.5 Å². The van der Waals surface area contributed by atoms with Crippen LogP contribution in [0, 0.1) is 12.7 Å². The van der Waals surface area contributed by atoms with E-state index in [1.807, 2.05) is 30.3 Å². The second-order valence-electron chi connectivity index (χ2n) is 5.85. The second-order valence-corrected chi connectivity index (χ2v) is 8.02. The molecule has 8 heteroatoms. The summed E-state index contributed by atoms with van der Waals surface area (Å²) >= 11 is 2.72. The number of aromatic nitrogens is 1. The minimum absolute atomic E-state index is 0.221. The summed E-state index contributed by atoms with van der Waals surface area (Å²) in [5.74, 6) is -0.464. The minimum atomic E-state index is -0.392. The Morgan fingerprint density at radius 3 is 2.50 bits per heavy atom. The molecule has 1 heterocycles. The van der Waals surface area contributed by atoms with Gasteiger partial charge < -0.3 is 0 Å². The van der Waals surface area contributed by atoms with Crippen LogP contribution in [0.5, 0.6) is 0 Å². The Kier molecular flexibility index (Phi) is 6.78. The van der Waals surface area contributed by atoms with E-state index in [1.165, 1.54) is 35.2 Å². The van der Waals surface area contributed by atoms with Crippen LogP contribution in [-0.2, 0) is 4.79 Å². The molecular formula is C20H18FN3O2S2. The summed E-state index contributed by atoms with van der Waals surface area (Å²) in [6, 6.07) is 15.7. The predicted octanol–water partition coefficient (Wildman–Crippen LogP) is 4.20. The van der Waals surface area contributed by atoms with Crippen molar-refractivity contribution >= 4 is 34.9 Å². The number of halogens is 1. The van der Waals surface area contributed by atoms with E-state index < -0.39 is 5.91 Å². The van der Waals surface area contributed by atoms with Crippen LogP contribution in [-0.4, -0.2) is 22.6 Å². The summed E-state index contributed by atoms with van der Waals surface area (Å²) in [6.07, 6.45) is 0.221. The Morgan fingerprint density at radius 1 is 1.07 bits per heavy atom. The standard InChI is InChI=1S/C20H18FN3O2S2/c1-13-18(28-20(22-13)14-5-3-2-4-6-14)19(26)24-23-17(25)11-12-27-16-9-7-15(21)8-10-16/h2-10H,11-12H2,1H3,(H,23,25)(H,24,26). The molecule has 0 aliphatic rings. The molecule has 0 aliphatic carbocycles. The van der Waals surface area contributed by atoms with Gasteiger partial charge in [0.1, 0.15) is 15.7 Å². The fourth-order valence-corrected chi connectivity index (χ4v) is 4.17. The Hall–Kier alpha value is -2.71. The van der Waals surface area contributed by atoms with Crippen LogP contribution in [0.4, 0.5) is 4.39 Å². The summed E-state index contributed by atoms with van der Waals surface area (Å²) in [5, 5.41) is 0.755. The van der Waals surface area contributed by atoms with Gasteiger partial charge in [0.25, 0.3) is 5.91 Å². The molecule has 28 heavy (non-hydrogen) atoms. The molecule has 0 unspecified atom stereocenters. The number of aryl methyl sites for hydroxylation is 1. The highest BCUT2D eigenvalue weighted by molar-refractivity contribution is 7.99. The Morgan fingerprint density at radius 2 is 1.79 bits per heavy atom. The number of carbonyl (C=O) groups is 2. The molecule has 2 N–H and O–H groups in total. The largest absolute Gasteiger partial charge is 0.281 e. The van der Waals surface area contributed by atoms with Crippen molar-refractivity contribution < 1.29 is 14.0 Å². The number of rotatable bonds is 6. The maximum Gasteiger partial charge on any atom is 0.281 e. The first-order chi connectivity index (χ1) is 13.5. The quantitative estimate of drug-likeness (QED) is 0.468. The van der Waals surface area contributed by atoms with E-state index in [-0.39, 0.29) is 18.1 Å². The van der Waals surface area contributed by atoms with E-state index >= 15 is 0 Å². The number of carbonyl (C=O) groups excluding carboxylic acids is 2. The Balaban J connectivity index is 1.48. The van der Waals surface area contributed by atoms with Gasteiger partial charge in [0, 0.05) is 22.6 Å². The van der Waals surface area contributed by atoms with Gasteiger partial charge in [0.2, 0.25) is 5.91 Å². The lowest BCUT2D eigenvalue weighted by Gasteiger charge is -2.06. The number of amides is 2. The predicted molar refractivity (Wildman–Crippen MR) is 110 cm³/mol. The zero-order valence-electron chi connectivity index (χ0n) is 15.1. The van der Waals surface area contributed by atoms with E-state index in [9.17, 15) is 14.0 Å². The third-order valence-corrected chi connectivity index (χ3v) is 5.97. The molecule has 144 valence electrons. The van der Waals surface area contributed by atoms with E-state index in [2.05, 4.69) is 15.8 Å². The van der Waals surface area contributed by atoms with Gasteiger partial charge in [-0.3, -0.25) is 20.4 Å². The lowest BCUT2D eigenvalue weighted by Crippen LogP contribution is -2.41. The minimum Gasteiger partial charge on any atom is -0.273 e. The van der Waals surface area contributed by atoms with Crippen LogP contribution in [0.15, 0.2) is 59.5 Å². The van der Waals surface area contributed by atoms with Crippen molar-refractivity contribution in [1.82, 2.24) is 15.8 Å². The highest BCUT2D eigenvalue weighted by Crippen LogP contribution is 2.27. The van der Waals surface area contributed by atoms with Gasteiger partial charge in [0.15, 0.2) is 0 Å². The van der Waals surface area contributed by atoms with Crippen LogP contribution in [0.1, 0.15) is 21.8 Å². The third-order valence-electron chi connectivity index (χ3n) is 3.75. The van der Waals surface area contributed by atoms with Gasteiger partial charge >= 0.3 is 0 Å². The number of thiazole rings is 1. The highest BCUT2D eigenvalue weighted by Gasteiger charge is 2.16. The van der Waals surface area contributed by atoms with Gasteiger partial charge in [-0.25, -0.2) is 9.37 Å². The van der Waals surface area contributed by atoms with Crippen molar-refractivity contribution in [2.45, 2.75) is 18.2 Å². The fourth-order valence-electron chi connectivity index (χ4n) is 2.35. The molecule has 0 fully saturated rings. The summed E-state index contributed by atoms with van der Waals surface area (Å²) < 4.78 is 12.9. The Labute approximate surface area is 170 Å². The zero-order valence-corrected chi connectivity index (χ0v) is 16.7. The average molecular weight is 416 g/mol. The molecule has 0 bridgehead atoms. The molecule has 3 aromatic rings. The smallest absolute Gasteiger partial charge is 0.273 e. The van der Waals surface area contributed by atoms with E-state index in [4.69, 9.17) is 0 Å². The van der Waals surface area contributed by atoms with Crippen LogP contribution in [0.3, 0.4) is 0 Å². The molecule has 2 amide bonds. The number of hydrazine groups is 1. The normalized spacial score (nSPS) is 10.5. The van der Waals surface area contributed by atoms with Gasteiger partial charge in [-0.1, -0.05) is 30.3 Å². The first-order valence-corrected chi connectivity index (χ1v) is 10.3. The molecular weight excluding hydrogens is 397 g/mol. The van der Waals surface area contributed by atoms with Crippen LogP contribution >= 0.6 is 23.1 Å². The van der Waals surface area contributed by atoms with Crippen LogP contribution in [0.25, 0.3) is 10.6 Å². The first-order valence-electron chi connectivity index (χ1n) is 8.53. The topological polar surface area (TPSA) is 71.1 Å². The van der Waals surface area contributed by atoms with Crippen molar-refractivity contribution in [2.24, 2.45) is 0 Å². The maximum atomic E-state index is 12.9.